The number of benzene rings is 2. The first-order valence-corrected chi connectivity index (χ1v) is 5.32. The Morgan fingerprint density at radius 3 is 2.81 bits per heavy atom. The molecule has 1 fully saturated rings. The van der Waals surface area contributed by atoms with Gasteiger partial charge in [-0.2, -0.15) is 9.78 Å². The summed E-state index contributed by atoms with van der Waals surface area (Å²) in [5.41, 5.74) is 2.08. The predicted molar refractivity (Wildman–Crippen MR) is 57.3 cm³/mol. The van der Waals surface area contributed by atoms with Crippen molar-refractivity contribution in [3.05, 3.63) is 47.5 Å². The summed E-state index contributed by atoms with van der Waals surface area (Å²) < 4.78 is 5.76. The Bertz CT molecular complexity index is 587. The van der Waals surface area contributed by atoms with E-state index in [9.17, 15) is 0 Å². The van der Waals surface area contributed by atoms with Crippen molar-refractivity contribution in [2.75, 3.05) is 0 Å². The van der Waals surface area contributed by atoms with Gasteiger partial charge in [-0.25, -0.2) is 0 Å². The minimum atomic E-state index is -0.765. The third-order valence-electron chi connectivity index (χ3n) is 3.31. The second kappa shape index (κ2) is 2.63. The molecule has 4 rings (SSSR count). The summed E-state index contributed by atoms with van der Waals surface area (Å²) >= 11 is 0. The molecule has 0 radical (unpaired) electrons. The van der Waals surface area contributed by atoms with Crippen LogP contribution < -0.4 is 0 Å². The van der Waals surface area contributed by atoms with Gasteiger partial charge in [0.05, 0.1) is 0 Å². The van der Waals surface area contributed by atoms with Crippen molar-refractivity contribution in [1.29, 1.82) is 0 Å². The molecule has 0 amide bonds. The van der Waals surface area contributed by atoms with Gasteiger partial charge in [-0.05, 0) is 17.7 Å². The highest BCUT2D eigenvalue weighted by atomic mass is 17.3. The van der Waals surface area contributed by atoms with Crippen LogP contribution in [0, 0.1) is 0 Å². The SMILES string of the molecule is CC12OOC(O1)c1cccc3cccc2c13. The summed E-state index contributed by atoms with van der Waals surface area (Å²) in [5, 5.41) is 2.39. The van der Waals surface area contributed by atoms with Gasteiger partial charge in [-0.3, -0.25) is 0 Å². The van der Waals surface area contributed by atoms with E-state index in [0.29, 0.717) is 0 Å². The normalized spacial score (nSPS) is 30.9. The van der Waals surface area contributed by atoms with Gasteiger partial charge in [0.2, 0.25) is 12.1 Å². The van der Waals surface area contributed by atoms with E-state index in [4.69, 9.17) is 14.5 Å². The second-order valence-corrected chi connectivity index (χ2v) is 4.33. The summed E-state index contributed by atoms with van der Waals surface area (Å²) in [7, 11) is 0. The van der Waals surface area contributed by atoms with E-state index in [2.05, 4.69) is 12.1 Å². The van der Waals surface area contributed by atoms with E-state index in [1.807, 2.05) is 31.2 Å². The molecule has 2 heterocycles. The highest BCUT2D eigenvalue weighted by molar-refractivity contribution is 5.90. The van der Waals surface area contributed by atoms with E-state index < -0.39 is 12.1 Å². The van der Waals surface area contributed by atoms with Crippen LogP contribution in [0.25, 0.3) is 10.8 Å². The van der Waals surface area contributed by atoms with Crippen LogP contribution in [0.15, 0.2) is 36.4 Å². The van der Waals surface area contributed by atoms with Crippen LogP contribution in [0.2, 0.25) is 0 Å². The van der Waals surface area contributed by atoms with Crippen LogP contribution in [0.4, 0.5) is 0 Å². The van der Waals surface area contributed by atoms with Crippen LogP contribution in [-0.2, 0) is 20.3 Å². The lowest BCUT2D eigenvalue weighted by Crippen LogP contribution is -2.25. The molecule has 80 valence electrons. The molecule has 2 atom stereocenters. The number of rotatable bonds is 0. The van der Waals surface area contributed by atoms with E-state index in [0.717, 1.165) is 11.1 Å². The monoisotopic (exact) mass is 214 g/mol. The molecule has 16 heavy (non-hydrogen) atoms. The van der Waals surface area contributed by atoms with Crippen molar-refractivity contribution in [3.8, 4) is 0 Å². The van der Waals surface area contributed by atoms with Crippen molar-refractivity contribution >= 4 is 10.8 Å². The molecule has 2 aliphatic rings. The number of hydrogen-bond donors (Lipinski definition) is 0. The Kier molecular flexibility index (Phi) is 1.43. The standard InChI is InChI=1S/C13H10O3/c1-13-10-7-3-5-8-4-2-6-9(11(8)10)12(14-13)15-16-13/h2-7,12H,1H3. The van der Waals surface area contributed by atoms with Crippen molar-refractivity contribution in [2.24, 2.45) is 0 Å². The second-order valence-electron chi connectivity index (χ2n) is 4.33. The van der Waals surface area contributed by atoms with E-state index in [-0.39, 0.29) is 0 Å². The van der Waals surface area contributed by atoms with Crippen molar-refractivity contribution in [2.45, 2.75) is 19.0 Å². The van der Waals surface area contributed by atoms with Gasteiger partial charge >= 0.3 is 0 Å². The first-order valence-electron chi connectivity index (χ1n) is 5.32. The molecular weight excluding hydrogens is 204 g/mol. The zero-order valence-corrected chi connectivity index (χ0v) is 8.77. The lowest BCUT2D eigenvalue weighted by molar-refractivity contribution is -0.330. The molecule has 0 aromatic heterocycles. The van der Waals surface area contributed by atoms with E-state index >= 15 is 0 Å². The van der Waals surface area contributed by atoms with Crippen LogP contribution in [0.5, 0.6) is 0 Å². The van der Waals surface area contributed by atoms with Crippen LogP contribution in [-0.4, -0.2) is 0 Å². The quantitative estimate of drug-likeness (QED) is 0.631. The number of ether oxygens (including phenoxy) is 1. The van der Waals surface area contributed by atoms with E-state index in [1.54, 1.807) is 0 Å². The van der Waals surface area contributed by atoms with Crippen LogP contribution >= 0.6 is 0 Å². The fourth-order valence-electron chi connectivity index (χ4n) is 2.55. The van der Waals surface area contributed by atoms with Gasteiger partial charge < -0.3 is 4.74 Å². The fourth-order valence-corrected chi connectivity index (χ4v) is 2.55. The number of hydrogen-bond acceptors (Lipinski definition) is 3. The predicted octanol–water partition coefficient (Wildman–Crippen LogP) is 3.00. The van der Waals surface area contributed by atoms with Crippen molar-refractivity contribution in [3.63, 3.8) is 0 Å². The van der Waals surface area contributed by atoms with Crippen LogP contribution in [0.3, 0.4) is 0 Å². The molecule has 0 saturated carbocycles. The lowest BCUT2D eigenvalue weighted by atomic mass is 9.92. The molecule has 3 heteroatoms. The smallest absolute Gasteiger partial charge is 0.228 e. The third-order valence-corrected chi connectivity index (χ3v) is 3.31. The van der Waals surface area contributed by atoms with Gasteiger partial charge in [-0.15, -0.1) is 0 Å². The summed E-state index contributed by atoms with van der Waals surface area (Å²) in [6, 6.07) is 12.3. The Labute approximate surface area is 92.5 Å². The third kappa shape index (κ3) is 0.888. The van der Waals surface area contributed by atoms with Crippen molar-refractivity contribution < 1.29 is 14.5 Å². The molecular formula is C13H10O3. The summed E-state index contributed by atoms with van der Waals surface area (Å²) in [5.74, 6) is -0.765. The summed E-state index contributed by atoms with van der Waals surface area (Å²) in [4.78, 5) is 10.5. The van der Waals surface area contributed by atoms with Gasteiger partial charge in [-0.1, -0.05) is 36.4 Å². The van der Waals surface area contributed by atoms with Gasteiger partial charge in [0.25, 0.3) is 0 Å². The molecule has 0 N–H and O–H groups in total. The van der Waals surface area contributed by atoms with Crippen LogP contribution in [0.1, 0.15) is 24.3 Å². The Hall–Kier alpha value is -1.42. The first kappa shape index (κ1) is 8.70. The average Bonchev–Trinajstić information content (AvgIpc) is 2.66. The first-order chi connectivity index (χ1) is 7.78. The minimum absolute atomic E-state index is 0.399. The summed E-state index contributed by atoms with van der Waals surface area (Å²) in [6.45, 7) is 1.89. The van der Waals surface area contributed by atoms with Gasteiger partial charge in [0.1, 0.15) is 0 Å². The largest absolute Gasteiger partial charge is 0.307 e. The number of fused-ring (bicyclic) bond motifs is 4. The zero-order chi connectivity index (χ0) is 10.8. The Balaban J connectivity index is 2.21. The average molecular weight is 214 g/mol. The molecule has 2 unspecified atom stereocenters. The summed E-state index contributed by atoms with van der Waals surface area (Å²) in [6.07, 6.45) is -0.399. The molecule has 2 aliphatic heterocycles. The molecule has 0 aliphatic carbocycles. The van der Waals surface area contributed by atoms with E-state index in [1.165, 1.54) is 10.8 Å². The Morgan fingerprint density at radius 2 is 1.94 bits per heavy atom. The molecule has 0 spiro atoms. The maximum Gasteiger partial charge on any atom is 0.228 e. The highest BCUT2D eigenvalue weighted by Crippen LogP contribution is 2.50. The topological polar surface area (TPSA) is 27.7 Å². The molecule has 2 aromatic rings. The van der Waals surface area contributed by atoms with Gasteiger partial charge in [0.15, 0.2) is 0 Å². The maximum absolute atomic E-state index is 5.76. The Morgan fingerprint density at radius 1 is 1.12 bits per heavy atom. The van der Waals surface area contributed by atoms with Gasteiger partial charge in [0, 0.05) is 11.1 Å². The maximum atomic E-state index is 5.76. The molecule has 2 bridgehead atoms. The fraction of sp³-hybridized carbons (Fsp3) is 0.231. The molecule has 1 saturated heterocycles. The minimum Gasteiger partial charge on any atom is -0.307 e. The zero-order valence-electron chi connectivity index (χ0n) is 8.77. The molecule has 2 aromatic carbocycles. The molecule has 3 nitrogen and oxygen atoms in total. The van der Waals surface area contributed by atoms with Crippen molar-refractivity contribution in [1.82, 2.24) is 0 Å². The highest BCUT2D eigenvalue weighted by Gasteiger charge is 2.47. The lowest BCUT2D eigenvalue weighted by Gasteiger charge is -2.27.